The SMILES string of the molecule is CC/C=C\C/C=C\C/C=C\C/C=C\C/C=C\CCCCCCCCCCCCCCCCCCCC(=O)OC(COC(=O)CCCCCCCCCCC/C=C\C/C=C\CCCCCCC)COP(=O)([O-])OCC[N+](C)(C)C. The number of likely N-dealkylation sites (N-methyl/N-ethyl adjacent to an activating group) is 1. The Morgan fingerprint density at radius 3 is 1.09 bits per heavy atom. The maximum absolute atomic E-state index is 12.8. The van der Waals surface area contributed by atoms with Crippen molar-refractivity contribution in [1.29, 1.82) is 0 Å². The molecule has 0 aliphatic rings. The Labute approximate surface area is 481 Å². The zero-order valence-electron chi connectivity index (χ0n) is 51.3. The molecule has 0 bridgehead atoms. The van der Waals surface area contributed by atoms with Crippen LogP contribution in [0.4, 0.5) is 0 Å². The first-order valence-corrected chi connectivity index (χ1v) is 33.8. The molecule has 0 saturated carbocycles. The minimum absolute atomic E-state index is 0.0331. The van der Waals surface area contributed by atoms with Crippen LogP contribution in [0.1, 0.15) is 284 Å². The van der Waals surface area contributed by atoms with E-state index in [1.165, 1.54) is 167 Å². The van der Waals surface area contributed by atoms with Gasteiger partial charge in [0.2, 0.25) is 0 Å². The lowest BCUT2D eigenvalue weighted by Gasteiger charge is -2.28. The quantitative estimate of drug-likeness (QED) is 0.0195. The van der Waals surface area contributed by atoms with E-state index < -0.39 is 26.5 Å². The number of unbranched alkanes of at least 4 members (excludes halogenated alkanes) is 31. The normalized spacial score (nSPS) is 13.8. The van der Waals surface area contributed by atoms with Gasteiger partial charge in [0.25, 0.3) is 7.82 Å². The number of carbonyl (C=O) groups is 2. The Morgan fingerprint density at radius 1 is 0.410 bits per heavy atom. The smallest absolute Gasteiger partial charge is 0.306 e. The van der Waals surface area contributed by atoms with Gasteiger partial charge in [0.1, 0.15) is 19.8 Å². The van der Waals surface area contributed by atoms with Crippen LogP contribution >= 0.6 is 7.82 Å². The van der Waals surface area contributed by atoms with Crippen molar-refractivity contribution in [1.82, 2.24) is 0 Å². The average Bonchev–Trinajstić information content (AvgIpc) is 3.41. The third-order valence-corrected chi connectivity index (χ3v) is 14.9. The molecule has 0 fully saturated rings. The molecule has 0 aromatic rings. The molecule has 0 aliphatic heterocycles. The van der Waals surface area contributed by atoms with Gasteiger partial charge in [-0.1, -0.05) is 266 Å². The second-order valence-corrected chi connectivity index (χ2v) is 24.2. The molecule has 0 aromatic heterocycles. The number of ether oxygens (including phenoxy) is 2. The number of quaternary nitrogens is 1. The number of phosphoric acid groups is 1. The number of esters is 2. The van der Waals surface area contributed by atoms with Gasteiger partial charge in [0, 0.05) is 12.8 Å². The van der Waals surface area contributed by atoms with Gasteiger partial charge < -0.3 is 27.9 Å². The van der Waals surface area contributed by atoms with Crippen molar-refractivity contribution < 1.29 is 42.1 Å². The van der Waals surface area contributed by atoms with E-state index in [0.717, 1.165) is 83.5 Å². The van der Waals surface area contributed by atoms with Crippen molar-refractivity contribution in [3.63, 3.8) is 0 Å². The summed E-state index contributed by atoms with van der Waals surface area (Å²) in [5.74, 6) is -0.831. The summed E-state index contributed by atoms with van der Waals surface area (Å²) in [4.78, 5) is 38.0. The van der Waals surface area contributed by atoms with E-state index in [2.05, 4.69) is 98.9 Å². The van der Waals surface area contributed by atoms with Crippen molar-refractivity contribution in [2.75, 3.05) is 47.5 Å². The summed E-state index contributed by atoms with van der Waals surface area (Å²) in [5, 5.41) is 0. The molecule has 0 aromatic carbocycles. The van der Waals surface area contributed by atoms with Gasteiger partial charge in [-0.3, -0.25) is 14.2 Å². The van der Waals surface area contributed by atoms with Crippen LogP contribution in [0.5, 0.6) is 0 Å². The molecule has 2 atom stereocenters. The second-order valence-electron chi connectivity index (χ2n) is 22.7. The molecule has 0 aliphatic carbocycles. The molecule has 10 heteroatoms. The van der Waals surface area contributed by atoms with E-state index in [-0.39, 0.29) is 32.0 Å². The molecule has 9 nitrogen and oxygen atoms in total. The van der Waals surface area contributed by atoms with Gasteiger partial charge in [0.15, 0.2) is 6.10 Å². The molecule has 0 spiro atoms. The van der Waals surface area contributed by atoms with E-state index >= 15 is 0 Å². The summed E-state index contributed by atoms with van der Waals surface area (Å²) in [6, 6.07) is 0. The van der Waals surface area contributed by atoms with Crippen molar-refractivity contribution in [2.45, 2.75) is 290 Å². The molecule has 0 amide bonds. The van der Waals surface area contributed by atoms with Crippen LogP contribution < -0.4 is 4.89 Å². The van der Waals surface area contributed by atoms with Crippen molar-refractivity contribution in [3.8, 4) is 0 Å². The minimum atomic E-state index is -4.64. The number of allylic oxidation sites excluding steroid dienone is 14. The van der Waals surface area contributed by atoms with Crippen molar-refractivity contribution >= 4 is 19.8 Å². The largest absolute Gasteiger partial charge is 0.756 e. The topological polar surface area (TPSA) is 111 Å². The lowest BCUT2D eigenvalue weighted by Crippen LogP contribution is -2.37. The predicted molar refractivity (Wildman–Crippen MR) is 332 cm³/mol. The first kappa shape index (κ1) is 75.2. The first-order valence-electron chi connectivity index (χ1n) is 32.3. The molecule has 0 radical (unpaired) electrons. The lowest BCUT2D eigenvalue weighted by molar-refractivity contribution is -0.870. The number of hydrogen-bond donors (Lipinski definition) is 0. The zero-order chi connectivity index (χ0) is 57.0. The Balaban J connectivity index is 4.06. The Kier molecular flexibility index (Phi) is 56.7. The summed E-state index contributed by atoms with van der Waals surface area (Å²) in [6.45, 7) is 4.14. The molecular weight excluding hydrogens is 990 g/mol. The fourth-order valence-electron chi connectivity index (χ4n) is 8.95. The van der Waals surface area contributed by atoms with Crippen molar-refractivity contribution in [3.05, 3.63) is 85.1 Å². The maximum Gasteiger partial charge on any atom is 0.306 e. The monoisotopic (exact) mass is 1110 g/mol. The highest BCUT2D eigenvalue weighted by Crippen LogP contribution is 2.38. The van der Waals surface area contributed by atoms with Gasteiger partial charge in [0.05, 0.1) is 27.7 Å². The summed E-state index contributed by atoms with van der Waals surface area (Å²) in [5.41, 5.74) is 0. The standard InChI is InChI=1S/C68H122NO8P/c1-6-8-10-12-14-16-18-20-22-24-26-28-29-30-31-32-33-34-35-36-37-38-39-41-43-45-47-49-51-53-55-57-59-61-68(71)77-66(65-76-78(72,73)75-63-62-69(3,4)5)64-74-67(70)60-58-56-54-52-50-48-46-44-42-40-27-25-23-21-19-17-15-13-11-9-7-2/h8,10,14,16,19-22,25-28,30-31,66H,6-7,9,11-13,15,17-18,23-24,29,32-65H2,1-5H3/b10-8-,16-14-,21-19-,22-20-,27-25-,28-26-,31-30-. The molecule has 78 heavy (non-hydrogen) atoms. The Morgan fingerprint density at radius 2 is 0.731 bits per heavy atom. The van der Waals surface area contributed by atoms with Crippen LogP contribution in [-0.2, 0) is 32.7 Å². The summed E-state index contributed by atoms with van der Waals surface area (Å²) < 4.78 is 34.2. The first-order chi connectivity index (χ1) is 38.0. The maximum atomic E-state index is 12.8. The van der Waals surface area contributed by atoms with Gasteiger partial charge >= 0.3 is 11.9 Å². The third-order valence-electron chi connectivity index (χ3n) is 13.9. The summed E-state index contributed by atoms with van der Waals surface area (Å²) in [7, 11) is 1.17. The van der Waals surface area contributed by atoms with Gasteiger partial charge in [-0.25, -0.2) is 0 Å². The van der Waals surface area contributed by atoms with Crippen LogP contribution in [0, 0.1) is 0 Å². The minimum Gasteiger partial charge on any atom is -0.756 e. The van der Waals surface area contributed by atoms with E-state index in [1.54, 1.807) is 0 Å². The van der Waals surface area contributed by atoms with Gasteiger partial charge in [-0.15, -0.1) is 0 Å². The summed E-state index contributed by atoms with van der Waals surface area (Å²) >= 11 is 0. The van der Waals surface area contributed by atoms with E-state index in [0.29, 0.717) is 17.4 Å². The Hall–Kier alpha value is -2.81. The molecule has 2 unspecified atom stereocenters. The van der Waals surface area contributed by atoms with Crippen molar-refractivity contribution in [2.24, 2.45) is 0 Å². The van der Waals surface area contributed by atoms with Crippen LogP contribution in [-0.4, -0.2) is 70.0 Å². The van der Waals surface area contributed by atoms with E-state index in [1.807, 2.05) is 21.1 Å². The van der Waals surface area contributed by atoms with Crippen LogP contribution in [0.25, 0.3) is 0 Å². The Bertz CT molecular complexity index is 1590. The number of carbonyl (C=O) groups excluding carboxylic acids is 2. The highest BCUT2D eigenvalue weighted by Gasteiger charge is 2.22. The lowest BCUT2D eigenvalue weighted by atomic mass is 10.0. The highest BCUT2D eigenvalue weighted by molar-refractivity contribution is 7.45. The predicted octanol–water partition coefficient (Wildman–Crippen LogP) is 20.0. The number of nitrogens with zero attached hydrogens (tertiary/aromatic N) is 1. The number of rotatable bonds is 59. The molecule has 452 valence electrons. The van der Waals surface area contributed by atoms with E-state index in [9.17, 15) is 19.0 Å². The summed E-state index contributed by atoms with van der Waals surface area (Å²) in [6.07, 6.45) is 79.3. The van der Waals surface area contributed by atoms with Crippen LogP contribution in [0.3, 0.4) is 0 Å². The third kappa shape index (κ3) is 62.4. The second kappa shape index (κ2) is 58.8. The fourth-order valence-corrected chi connectivity index (χ4v) is 9.68. The fraction of sp³-hybridized carbons (Fsp3) is 0.765. The molecular formula is C68H122NO8P. The highest BCUT2D eigenvalue weighted by atomic mass is 31.2. The van der Waals surface area contributed by atoms with Gasteiger partial charge in [-0.05, 0) is 89.9 Å². The zero-order valence-corrected chi connectivity index (χ0v) is 52.2. The molecule has 0 rings (SSSR count). The number of phosphoric ester groups is 1. The molecule has 0 N–H and O–H groups in total. The average molecular weight is 1110 g/mol. The molecule has 0 heterocycles. The number of hydrogen-bond acceptors (Lipinski definition) is 8. The molecule has 0 saturated heterocycles. The van der Waals surface area contributed by atoms with Crippen LogP contribution in [0.2, 0.25) is 0 Å². The van der Waals surface area contributed by atoms with Gasteiger partial charge in [-0.2, -0.15) is 0 Å². The van der Waals surface area contributed by atoms with Crippen LogP contribution in [0.15, 0.2) is 85.1 Å². The van der Waals surface area contributed by atoms with E-state index in [4.69, 9.17) is 18.5 Å².